The molecular weight excluding hydrogens is 370 g/mol. The standard InChI is InChI=1S/C23H23NO5/c1-3-4-5-8-15-29-20-13-11-17(16-21(20)28-2)12-14-22(25)24-19-10-7-6-9-18(19)23(26)27/h1,6-7,9-14,16H,4-5,8,15H2,2H3,(H,24,25)(H,26,27). The number of nitrogens with one attached hydrogen (secondary N) is 1. The van der Waals surface area contributed by atoms with Gasteiger partial charge in [0, 0.05) is 12.5 Å². The first-order valence-corrected chi connectivity index (χ1v) is 9.11. The average Bonchev–Trinajstić information content (AvgIpc) is 2.72. The normalized spacial score (nSPS) is 10.3. The number of terminal acetylenes is 1. The van der Waals surface area contributed by atoms with Crippen molar-refractivity contribution in [3.05, 3.63) is 59.7 Å². The summed E-state index contributed by atoms with van der Waals surface area (Å²) in [4.78, 5) is 23.4. The average molecular weight is 393 g/mol. The molecule has 0 radical (unpaired) electrons. The zero-order valence-corrected chi connectivity index (χ0v) is 16.2. The fourth-order valence-electron chi connectivity index (χ4n) is 2.54. The van der Waals surface area contributed by atoms with Crippen molar-refractivity contribution >= 4 is 23.6 Å². The van der Waals surface area contributed by atoms with Crippen molar-refractivity contribution in [2.24, 2.45) is 0 Å². The minimum Gasteiger partial charge on any atom is -0.493 e. The van der Waals surface area contributed by atoms with Crippen molar-refractivity contribution < 1.29 is 24.2 Å². The molecule has 0 saturated heterocycles. The van der Waals surface area contributed by atoms with Crippen LogP contribution >= 0.6 is 0 Å². The summed E-state index contributed by atoms with van der Waals surface area (Å²) in [7, 11) is 1.55. The Kier molecular flexibility index (Phi) is 8.33. The summed E-state index contributed by atoms with van der Waals surface area (Å²) < 4.78 is 11.1. The van der Waals surface area contributed by atoms with E-state index in [-0.39, 0.29) is 11.3 Å². The summed E-state index contributed by atoms with van der Waals surface area (Å²) >= 11 is 0. The molecule has 150 valence electrons. The molecule has 29 heavy (non-hydrogen) atoms. The maximum absolute atomic E-state index is 12.1. The fourth-order valence-corrected chi connectivity index (χ4v) is 2.54. The number of carbonyl (C=O) groups excluding carboxylic acids is 1. The van der Waals surface area contributed by atoms with E-state index in [4.69, 9.17) is 15.9 Å². The number of unbranched alkanes of at least 4 members (excludes halogenated alkanes) is 2. The van der Waals surface area contributed by atoms with E-state index in [1.165, 1.54) is 18.2 Å². The minimum atomic E-state index is -1.11. The molecule has 0 saturated carbocycles. The Hall–Kier alpha value is -3.72. The molecule has 6 heteroatoms. The van der Waals surface area contributed by atoms with Gasteiger partial charge < -0.3 is 19.9 Å². The Labute approximate surface area is 170 Å². The molecule has 0 aliphatic carbocycles. The third-order valence-corrected chi connectivity index (χ3v) is 4.00. The van der Waals surface area contributed by atoms with Gasteiger partial charge in [-0.05, 0) is 48.7 Å². The summed E-state index contributed by atoms with van der Waals surface area (Å²) in [6.07, 6.45) is 10.6. The van der Waals surface area contributed by atoms with E-state index >= 15 is 0 Å². The van der Waals surface area contributed by atoms with Gasteiger partial charge in [-0.1, -0.05) is 18.2 Å². The van der Waals surface area contributed by atoms with Gasteiger partial charge in [0.15, 0.2) is 11.5 Å². The number of anilines is 1. The van der Waals surface area contributed by atoms with Crippen LogP contribution in [0.2, 0.25) is 0 Å². The highest BCUT2D eigenvalue weighted by Crippen LogP contribution is 2.28. The molecule has 1 amide bonds. The fraction of sp³-hybridized carbons (Fsp3) is 0.217. The van der Waals surface area contributed by atoms with Gasteiger partial charge in [-0.15, -0.1) is 12.3 Å². The van der Waals surface area contributed by atoms with Crippen LogP contribution in [-0.4, -0.2) is 30.7 Å². The lowest BCUT2D eigenvalue weighted by Crippen LogP contribution is -2.11. The molecule has 0 aliphatic heterocycles. The van der Waals surface area contributed by atoms with Crippen LogP contribution in [0, 0.1) is 12.3 Å². The third kappa shape index (κ3) is 6.74. The molecule has 0 aliphatic rings. The van der Waals surface area contributed by atoms with Crippen molar-refractivity contribution in [3.63, 3.8) is 0 Å². The molecule has 0 spiro atoms. The monoisotopic (exact) mass is 393 g/mol. The van der Waals surface area contributed by atoms with Gasteiger partial charge >= 0.3 is 5.97 Å². The van der Waals surface area contributed by atoms with Crippen LogP contribution in [0.15, 0.2) is 48.5 Å². The molecule has 2 N–H and O–H groups in total. The highest BCUT2D eigenvalue weighted by molar-refractivity contribution is 6.06. The molecule has 0 bridgehead atoms. The topological polar surface area (TPSA) is 84.9 Å². The number of amides is 1. The van der Waals surface area contributed by atoms with Crippen LogP contribution in [-0.2, 0) is 4.79 Å². The van der Waals surface area contributed by atoms with E-state index < -0.39 is 11.9 Å². The summed E-state index contributed by atoms with van der Waals surface area (Å²) in [5.41, 5.74) is 1.00. The van der Waals surface area contributed by atoms with Crippen LogP contribution in [0.25, 0.3) is 6.08 Å². The first-order chi connectivity index (χ1) is 14.0. The van der Waals surface area contributed by atoms with Gasteiger partial charge in [-0.25, -0.2) is 4.79 Å². The second-order valence-electron chi connectivity index (χ2n) is 6.09. The largest absolute Gasteiger partial charge is 0.493 e. The number of para-hydroxylation sites is 1. The number of benzene rings is 2. The van der Waals surface area contributed by atoms with Gasteiger partial charge in [0.2, 0.25) is 5.91 Å². The highest BCUT2D eigenvalue weighted by Gasteiger charge is 2.10. The summed E-state index contributed by atoms with van der Waals surface area (Å²) in [6.45, 7) is 0.540. The number of hydrogen-bond acceptors (Lipinski definition) is 4. The second-order valence-corrected chi connectivity index (χ2v) is 6.09. The predicted octanol–water partition coefficient (Wildman–Crippen LogP) is 4.23. The second kappa shape index (κ2) is 11.2. The van der Waals surface area contributed by atoms with Crippen LogP contribution < -0.4 is 14.8 Å². The predicted molar refractivity (Wildman–Crippen MR) is 112 cm³/mol. The lowest BCUT2D eigenvalue weighted by atomic mass is 10.1. The Bertz CT molecular complexity index is 927. The van der Waals surface area contributed by atoms with Gasteiger partial charge in [0.1, 0.15) is 0 Å². The third-order valence-electron chi connectivity index (χ3n) is 4.00. The lowest BCUT2D eigenvalue weighted by Gasteiger charge is -2.11. The molecular formula is C23H23NO5. The molecule has 2 rings (SSSR count). The summed E-state index contributed by atoms with van der Waals surface area (Å²) in [5.74, 6) is 2.22. The Morgan fingerprint density at radius 1 is 1.17 bits per heavy atom. The lowest BCUT2D eigenvalue weighted by molar-refractivity contribution is -0.111. The van der Waals surface area contributed by atoms with Gasteiger partial charge in [-0.3, -0.25) is 4.79 Å². The Morgan fingerprint density at radius 3 is 2.69 bits per heavy atom. The quantitative estimate of drug-likeness (QED) is 0.358. The molecule has 6 nitrogen and oxygen atoms in total. The molecule has 0 heterocycles. The van der Waals surface area contributed by atoms with Gasteiger partial charge in [-0.2, -0.15) is 0 Å². The van der Waals surface area contributed by atoms with Crippen LogP contribution in [0.1, 0.15) is 35.2 Å². The van der Waals surface area contributed by atoms with Gasteiger partial charge in [0.25, 0.3) is 0 Å². The first kappa shape index (κ1) is 21.6. The first-order valence-electron chi connectivity index (χ1n) is 9.11. The molecule has 2 aromatic carbocycles. The van der Waals surface area contributed by atoms with Crippen LogP contribution in [0.3, 0.4) is 0 Å². The smallest absolute Gasteiger partial charge is 0.337 e. The Balaban J connectivity index is 2.00. The van der Waals surface area contributed by atoms with Gasteiger partial charge in [0.05, 0.1) is 25.0 Å². The molecule has 0 atom stereocenters. The summed E-state index contributed by atoms with van der Waals surface area (Å²) in [6, 6.07) is 11.5. The van der Waals surface area contributed by atoms with E-state index in [1.54, 1.807) is 43.5 Å². The number of carboxylic acids is 1. The van der Waals surface area contributed by atoms with Crippen LogP contribution in [0.5, 0.6) is 11.5 Å². The van der Waals surface area contributed by atoms with Crippen molar-refractivity contribution in [2.75, 3.05) is 19.0 Å². The molecule has 0 fully saturated rings. The zero-order valence-electron chi connectivity index (χ0n) is 16.2. The molecule has 0 aromatic heterocycles. The number of hydrogen-bond donors (Lipinski definition) is 2. The highest BCUT2D eigenvalue weighted by atomic mass is 16.5. The molecule has 2 aromatic rings. The van der Waals surface area contributed by atoms with E-state index in [1.807, 2.05) is 0 Å². The van der Waals surface area contributed by atoms with Crippen molar-refractivity contribution in [2.45, 2.75) is 19.3 Å². The van der Waals surface area contributed by atoms with E-state index in [2.05, 4.69) is 11.2 Å². The van der Waals surface area contributed by atoms with Crippen molar-refractivity contribution in [1.82, 2.24) is 0 Å². The van der Waals surface area contributed by atoms with Crippen LogP contribution in [0.4, 0.5) is 5.69 Å². The van der Waals surface area contributed by atoms with Crippen molar-refractivity contribution in [1.29, 1.82) is 0 Å². The molecule has 0 unspecified atom stereocenters. The van der Waals surface area contributed by atoms with Crippen molar-refractivity contribution in [3.8, 4) is 23.8 Å². The minimum absolute atomic E-state index is 0.0275. The number of carboxylic acid groups (broad SMARTS) is 1. The maximum atomic E-state index is 12.1. The number of carbonyl (C=O) groups is 2. The van der Waals surface area contributed by atoms with E-state index in [9.17, 15) is 14.7 Å². The number of rotatable bonds is 10. The van der Waals surface area contributed by atoms with E-state index in [0.29, 0.717) is 18.1 Å². The number of aromatic carboxylic acids is 1. The zero-order chi connectivity index (χ0) is 21.1. The van der Waals surface area contributed by atoms with E-state index in [0.717, 1.165) is 24.8 Å². The maximum Gasteiger partial charge on any atom is 0.337 e. The SMILES string of the molecule is C#CCCCCOc1ccc(C=CC(=O)Nc2ccccc2C(=O)O)cc1OC. The number of ether oxygens (including phenoxy) is 2. The Morgan fingerprint density at radius 2 is 1.97 bits per heavy atom. The summed E-state index contributed by atoms with van der Waals surface area (Å²) in [5, 5.41) is 11.7. The number of methoxy groups -OCH3 is 1.